The molecule has 0 fully saturated rings. The second-order valence-electron chi connectivity index (χ2n) is 5.61. The van der Waals surface area contributed by atoms with Crippen LogP contribution in [-0.4, -0.2) is 29.9 Å². The molecule has 1 amide bonds. The van der Waals surface area contributed by atoms with Crippen LogP contribution in [0, 0.1) is 0 Å². The molecule has 2 aromatic carbocycles. The van der Waals surface area contributed by atoms with Crippen molar-refractivity contribution in [3.05, 3.63) is 71.3 Å². The highest BCUT2D eigenvalue weighted by atomic mass is 19.3. The van der Waals surface area contributed by atoms with Crippen LogP contribution in [0.3, 0.4) is 0 Å². The Bertz CT molecular complexity index is 717. The first kappa shape index (κ1) is 18.6. The van der Waals surface area contributed by atoms with Crippen molar-refractivity contribution in [1.82, 2.24) is 4.90 Å². The number of ether oxygens (including phenoxy) is 1. The van der Waals surface area contributed by atoms with E-state index in [-0.39, 0.29) is 23.5 Å². The fraction of sp³-hybridized carbons (Fsp3) is 0.263. The maximum atomic E-state index is 12.6. The third-order valence-corrected chi connectivity index (χ3v) is 3.90. The van der Waals surface area contributed by atoms with Gasteiger partial charge in [0.15, 0.2) is 5.78 Å². The van der Waals surface area contributed by atoms with Gasteiger partial charge in [-0.2, -0.15) is 0 Å². The van der Waals surface area contributed by atoms with E-state index in [1.807, 2.05) is 30.3 Å². The summed E-state index contributed by atoms with van der Waals surface area (Å²) in [6.07, 6.45) is -3.22. The molecule has 1 unspecified atom stereocenters. The maximum absolute atomic E-state index is 12.6. The van der Waals surface area contributed by atoms with E-state index >= 15 is 0 Å². The normalized spacial score (nSPS) is 11.9. The third-order valence-electron chi connectivity index (χ3n) is 3.90. The minimum absolute atomic E-state index is 0.105. The molecule has 0 aliphatic heterocycles. The van der Waals surface area contributed by atoms with Crippen LogP contribution < -0.4 is 0 Å². The Labute approximate surface area is 145 Å². The number of halogens is 2. The molecule has 132 valence electrons. The zero-order valence-electron chi connectivity index (χ0n) is 14.0. The second kappa shape index (κ2) is 8.37. The molecule has 2 aromatic rings. The molecular formula is C19H19F2NO3. The minimum Gasteiger partial charge on any atom is -0.445 e. The number of Topliss-reactive ketones (excluding diaryl/α,β-unsaturated/α-hetero) is 1. The highest BCUT2D eigenvalue weighted by Gasteiger charge is 2.24. The summed E-state index contributed by atoms with van der Waals surface area (Å²) in [6.45, 7) is 1.67. The lowest BCUT2D eigenvalue weighted by Gasteiger charge is -2.23. The quantitative estimate of drug-likeness (QED) is 0.725. The molecule has 25 heavy (non-hydrogen) atoms. The number of alkyl halides is 2. The summed E-state index contributed by atoms with van der Waals surface area (Å²) in [5.74, 6) is -0.347. The Balaban J connectivity index is 1.96. The van der Waals surface area contributed by atoms with Crippen molar-refractivity contribution in [2.45, 2.75) is 26.0 Å². The van der Waals surface area contributed by atoms with Crippen molar-refractivity contribution < 1.29 is 23.1 Å². The van der Waals surface area contributed by atoms with Crippen molar-refractivity contribution in [3.8, 4) is 0 Å². The number of benzene rings is 2. The monoisotopic (exact) mass is 347 g/mol. The van der Waals surface area contributed by atoms with Crippen molar-refractivity contribution in [1.29, 1.82) is 0 Å². The van der Waals surface area contributed by atoms with E-state index in [1.54, 1.807) is 6.92 Å². The van der Waals surface area contributed by atoms with Crippen LogP contribution >= 0.6 is 0 Å². The van der Waals surface area contributed by atoms with Gasteiger partial charge in [-0.15, -0.1) is 0 Å². The van der Waals surface area contributed by atoms with Gasteiger partial charge in [0, 0.05) is 18.2 Å². The van der Waals surface area contributed by atoms with Crippen LogP contribution in [0.4, 0.5) is 13.6 Å². The van der Waals surface area contributed by atoms with E-state index in [0.717, 1.165) is 5.56 Å². The van der Waals surface area contributed by atoms with Gasteiger partial charge < -0.3 is 9.64 Å². The van der Waals surface area contributed by atoms with Gasteiger partial charge in [0.05, 0.1) is 6.04 Å². The van der Waals surface area contributed by atoms with Crippen LogP contribution in [0.5, 0.6) is 0 Å². The van der Waals surface area contributed by atoms with Gasteiger partial charge in [0.25, 0.3) is 6.43 Å². The largest absolute Gasteiger partial charge is 0.445 e. The number of carbonyl (C=O) groups excluding carboxylic acids is 2. The van der Waals surface area contributed by atoms with E-state index in [4.69, 9.17) is 4.74 Å². The summed E-state index contributed by atoms with van der Waals surface area (Å²) in [4.78, 5) is 25.7. The van der Waals surface area contributed by atoms with Crippen molar-refractivity contribution in [2.75, 3.05) is 7.05 Å². The Morgan fingerprint density at radius 1 is 1.04 bits per heavy atom. The van der Waals surface area contributed by atoms with Crippen LogP contribution in [-0.2, 0) is 11.3 Å². The highest BCUT2D eigenvalue weighted by molar-refractivity contribution is 6.01. The second-order valence-corrected chi connectivity index (χ2v) is 5.61. The molecule has 0 heterocycles. The minimum atomic E-state index is -2.59. The summed E-state index contributed by atoms with van der Waals surface area (Å²) >= 11 is 0. The molecule has 0 spiro atoms. The Morgan fingerprint density at radius 2 is 1.64 bits per heavy atom. The molecule has 0 bridgehead atoms. The molecule has 4 nitrogen and oxygen atoms in total. The standard InChI is InChI=1S/C19H19F2NO3/c1-13(17(23)15-8-10-16(11-9-15)18(20)21)22(2)19(24)25-12-14-6-4-3-5-7-14/h3-11,13,18H,12H2,1-2H3. The molecule has 0 saturated carbocycles. The lowest BCUT2D eigenvalue weighted by molar-refractivity contribution is 0.0741. The van der Waals surface area contributed by atoms with Crippen LogP contribution in [0.1, 0.15) is 34.8 Å². The Hall–Kier alpha value is -2.76. The molecule has 0 aromatic heterocycles. The van der Waals surface area contributed by atoms with Crippen LogP contribution in [0.15, 0.2) is 54.6 Å². The van der Waals surface area contributed by atoms with Gasteiger partial charge in [-0.3, -0.25) is 4.79 Å². The number of amides is 1. The fourth-order valence-corrected chi connectivity index (χ4v) is 2.19. The van der Waals surface area contributed by atoms with E-state index in [2.05, 4.69) is 0 Å². The first-order valence-corrected chi connectivity index (χ1v) is 7.76. The van der Waals surface area contributed by atoms with Crippen molar-refractivity contribution >= 4 is 11.9 Å². The molecule has 0 N–H and O–H groups in total. The van der Waals surface area contributed by atoms with E-state index < -0.39 is 18.6 Å². The summed E-state index contributed by atoms with van der Waals surface area (Å²) in [5, 5.41) is 0. The van der Waals surface area contributed by atoms with Crippen molar-refractivity contribution in [2.24, 2.45) is 0 Å². The fourth-order valence-electron chi connectivity index (χ4n) is 2.19. The number of likely N-dealkylation sites (N-methyl/N-ethyl adjacent to an activating group) is 1. The number of hydrogen-bond acceptors (Lipinski definition) is 3. The smallest absolute Gasteiger partial charge is 0.410 e. The van der Waals surface area contributed by atoms with Gasteiger partial charge >= 0.3 is 6.09 Å². The lowest BCUT2D eigenvalue weighted by atomic mass is 10.0. The molecule has 0 aliphatic rings. The predicted octanol–water partition coefficient (Wildman–Crippen LogP) is 4.46. The first-order chi connectivity index (χ1) is 11.9. The first-order valence-electron chi connectivity index (χ1n) is 7.76. The summed E-state index contributed by atoms with van der Waals surface area (Å²) in [5.41, 5.74) is 0.949. The summed E-state index contributed by atoms with van der Waals surface area (Å²) in [7, 11) is 1.46. The van der Waals surface area contributed by atoms with Gasteiger partial charge in [-0.05, 0) is 12.5 Å². The zero-order valence-corrected chi connectivity index (χ0v) is 14.0. The summed E-state index contributed by atoms with van der Waals surface area (Å²) < 4.78 is 30.3. The molecule has 0 aliphatic carbocycles. The molecule has 1 atom stereocenters. The maximum Gasteiger partial charge on any atom is 0.410 e. The predicted molar refractivity (Wildman–Crippen MR) is 89.6 cm³/mol. The zero-order chi connectivity index (χ0) is 18.4. The van der Waals surface area contributed by atoms with Gasteiger partial charge in [0.1, 0.15) is 6.61 Å². The molecule has 0 radical (unpaired) electrons. The molecule has 0 saturated heterocycles. The lowest BCUT2D eigenvalue weighted by Crippen LogP contribution is -2.40. The highest BCUT2D eigenvalue weighted by Crippen LogP contribution is 2.19. The van der Waals surface area contributed by atoms with Gasteiger partial charge in [0.2, 0.25) is 0 Å². The third kappa shape index (κ3) is 4.86. The Kier molecular flexibility index (Phi) is 6.22. The topological polar surface area (TPSA) is 46.6 Å². The van der Waals surface area contributed by atoms with Crippen molar-refractivity contribution in [3.63, 3.8) is 0 Å². The number of hydrogen-bond donors (Lipinski definition) is 0. The summed E-state index contributed by atoms with van der Waals surface area (Å²) in [6, 6.07) is 13.5. The van der Waals surface area contributed by atoms with Gasteiger partial charge in [-0.1, -0.05) is 54.6 Å². The number of rotatable bonds is 6. The molecular weight excluding hydrogens is 328 g/mol. The Morgan fingerprint density at radius 3 is 2.20 bits per heavy atom. The van der Waals surface area contributed by atoms with E-state index in [0.29, 0.717) is 0 Å². The number of carbonyl (C=O) groups is 2. The number of ketones is 1. The van der Waals surface area contributed by atoms with E-state index in [9.17, 15) is 18.4 Å². The average molecular weight is 347 g/mol. The van der Waals surface area contributed by atoms with Crippen LogP contribution in [0.25, 0.3) is 0 Å². The number of nitrogens with zero attached hydrogens (tertiary/aromatic N) is 1. The SMILES string of the molecule is CC(C(=O)c1ccc(C(F)F)cc1)N(C)C(=O)OCc1ccccc1. The molecule has 2 rings (SSSR count). The van der Waals surface area contributed by atoms with Crippen LogP contribution in [0.2, 0.25) is 0 Å². The van der Waals surface area contributed by atoms with E-state index in [1.165, 1.54) is 36.2 Å². The average Bonchev–Trinajstić information content (AvgIpc) is 2.65. The van der Waals surface area contributed by atoms with Gasteiger partial charge in [-0.25, -0.2) is 13.6 Å². The molecule has 6 heteroatoms.